The molecule has 2 aliphatic carbocycles. The molecular weight excluding hydrogens is 208 g/mol. The van der Waals surface area contributed by atoms with Gasteiger partial charge < -0.3 is 9.80 Å². The maximum absolute atomic E-state index is 2.72. The molecule has 2 bridgehead atoms. The zero-order valence-corrected chi connectivity index (χ0v) is 11.3. The summed E-state index contributed by atoms with van der Waals surface area (Å²) in [5, 5.41) is 0. The first kappa shape index (κ1) is 11.7. The van der Waals surface area contributed by atoms with Crippen molar-refractivity contribution in [2.24, 2.45) is 23.7 Å². The van der Waals surface area contributed by atoms with Gasteiger partial charge in [-0.05, 0) is 43.2 Å². The van der Waals surface area contributed by atoms with Crippen molar-refractivity contribution < 1.29 is 0 Å². The number of likely N-dealkylation sites (tertiary alicyclic amines) is 1. The van der Waals surface area contributed by atoms with E-state index in [2.05, 4.69) is 35.8 Å². The van der Waals surface area contributed by atoms with Gasteiger partial charge in [-0.15, -0.1) is 0 Å². The zero-order valence-electron chi connectivity index (χ0n) is 11.3. The Kier molecular flexibility index (Phi) is 3.27. The van der Waals surface area contributed by atoms with Crippen molar-refractivity contribution in [3.8, 4) is 0 Å². The lowest BCUT2D eigenvalue weighted by Crippen LogP contribution is -2.34. The quantitative estimate of drug-likeness (QED) is 0.672. The minimum Gasteiger partial charge on any atom is -0.303 e. The number of rotatable bonds is 5. The largest absolute Gasteiger partial charge is 0.303 e. The van der Waals surface area contributed by atoms with E-state index in [1.165, 1.54) is 45.7 Å². The van der Waals surface area contributed by atoms with E-state index in [1.54, 1.807) is 0 Å². The second-order valence-electron chi connectivity index (χ2n) is 6.06. The summed E-state index contributed by atoms with van der Waals surface area (Å²) in [6, 6.07) is 0. The number of hydrogen-bond donors (Lipinski definition) is 0. The summed E-state index contributed by atoms with van der Waals surface area (Å²) in [5.41, 5.74) is 0. The van der Waals surface area contributed by atoms with Crippen LogP contribution in [0.4, 0.5) is 0 Å². The van der Waals surface area contributed by atoms with Gasteiger partial charge in [0.1, 0.15) is 0 Å². The van der Waals surface area contributed by atoms with E-state index < -0.39 is 0 Å². The van der Waals surface area contributed by atoms with Gasteiger partial charge in [-0.25, -0.2) is 0 Å². The van der Waals surface area contributed by atoms with E-state index >= 15 is 0 Å². The van der Waals surface area contributed by atoms with Crippen molar-refractivity contribution in [3.63, 3.8) is 0 Å². The Labute approximate surface area is 106 Å². The number of fused-ring (bicyclic) bond motifs is 5. The van der Waals surface area contributed by atoms with Gasteiger partial charge in [-0.1, -0.05) is 26.0 Å². The van der Waals surface area contributed by atoms with Crippen LogP contribution in [0.25, 0.3) is 0 Å². The number of likely N-dealkylation sites (N-methyl/N-ethyl adjacent to an activating group) is 1. The molecule has 3 rings (SSSR count). The van der Waals surface area contributed by atoms with E-state index in [9.17, 15) is 0 Å². The average molecular weight is 234 g/mol. The summed E-state index contributed by atoms with van der Waals surface area (Å²) in [5.74, 6) is 3.87. The molecule has 2 fully saturated rings. The smallest absolute Gasteiger partial charge is 0.0110 e. The van der Waals surface area contributed by atoms with E-state index in [4.69, 9.17) is 0 Å². The second-order valence-corrected chi connectivity index (χ2v) is 6.06. The van der Waals surface area contributed by atoms with Gasteiger partial charge in [0.05, 0.1) is 0 Å². The Hall–Kier alpha value is -0.340. The van der Waals surface area contributed by atoms with Gasteiger partial charge in [0, 0.05) is 26.2 Å². The van der Waals surface area contributed by atoms with Gasteiger partial charge in [-0.2, -0.15) is 0 Å². The highest BCUT2D eigenvalue weighted by molar-refractivity contribution is 5.16. The Bertz CT molecular complexity index is 275. The summed E-state index contributed by atoms with van der Waals surface area (Å²) in [6.07, 6.45) is 6.47. The maximum atomic E-state index is 2.72. The molecule has 0 unspecified atom stereocenters. The maximum Gasteiger partial charge on any atom is 0.0110 e. The van der Waals surface area contributed by atoms with Gasteiger partial charge >= 0.3 is 0 Å². The van der Waals surface area contributed by atoms with E-state index in [1.807, 2.05) is 0 Å². The Morgan fingerprint density at radius 2 is 1.65 bits per heavy atom. The third kappa shape index (κ3) is 2.06. The van der Waals surface area contributed by atoms with Crippen molar-refractivity contribution in [1.82, 2.24) is 9.80 Å². The normalized spacial score (nSPS) is 39.5. The first-order valence-electron chi connectivity index (χ1n) is 7.44. The number of hydrogen-bond acceptors (Lipinski definition) is 2. The van der Waals surface area contributed by atoms with Gasteiger partial charge in [0.15, 0.2) is 0 Å². The molecule has 17 heavy (non-hydrogen) atoms. The van der Waals surface area contributed by atoms with Crippen molar-refractivity contribution in [2.75, 3.05) is 39.3 Å². The molecule has 96 valence electrons. The molecule has 0 N–H and O–H groups in total. The van der Waals surface area contributed by atoms with Crippen LogP contribution in [0.2, 0.25) is 0 Å². The molecule has 1 saturated carbocycles. The first-order chi connectivity index (χ1) is 8.31. The fourth-order valence-electron chi connectivity index (χ4n) is 4.24. The Morgan fingerprint density at radius 1 is 1.06 bits per heavy atom. The summed E-state index contributed by atoms with van der Waals surface area (Å²) >= 11 is 0. The molecule has 2 nitrogen and oxygen atoms in total. The minimum atomic E-state index is 0.934. The molecular formula is C15H26N2. The number of allylic oxidation sites excluding steroid dienone is 2. The molecule has 0 aromatic carbocycles. The van der Waals surface area contributed by atoms with Crippen LogP contribution in [-0.4, -0.2) is 49.1 Å². The van der Waals surface area contributed by atoms with Gasteiger partial charge in [-0.3, -0.25) is 0 Å². The monoisotopic (exact) mass is 234 g/mol. The van der Waals surface area contributed by atoms with Crippen LogP contribution < -0.4 is 0 Å². The average Bonchev–Trinajstić information content (AvgIpc) is 3.02. The predicted molar refractivity (Wildman–Crippen MR) is 71.9 cm³/mol. The van der Waals surface area contributed by atoms with Crippen molar-refractivity contribution in [1.29, 1.82) is 0 Å². The molecule has 1 aliphatic heterocycles. The van der Waals surface area contributed by atoms with Crippen LogP contribution in [-0.2, 0) is 0 Å². The third-order valence-electron chi connectivity index (χ3n) is 5.36. The highest BCUT2D eigenvalue weighted by atomic mass is 15.2. The SMILES string of the molecule is CCN(CC)CCN1C[C@@H]2[C@H](C1)[C@@H]1C=C[C@H]2C1. The second kappa shape index (κ2) is 4.74. The zero-order chi connectivity index (χ0) is 11.8. The topological polar surface area (TPSA) is 6.48 Å². The molecule has 1 saturated heterocycles. The van der Waals surface area contributed by atoms with Crippen LogP contribution in [0.15, 0.2) is 12.2 Å². The summed E-state index contributed by atoms with van der Waals surface area (Å²) in [7, 11) is 0. The molecule has 0 radical (unpaired) electrons. The van der Waals surface area contributed by atoms with E-state index in [-0.39, 0.29) is 0 Å². The summed E-state index contributed by atoms with van der Waals surface area (Å²) < 4.78 is 0. The molecule has 0 amide bonds. The van der Waals surface area contributed by atoms with Crippen LogP contribution in [0, 0.1) is 23.7 Å². The number of nitrogens with zero attached hydrogens (tertiary/aromatic N) is 2. The first-order valence-corrected chi connectivity index (χ1v) is 7.44. The fourth-order valence-corrected chi connectivity index (χ4v) is 4.24. The van der Waals surface area contributed by atoms with Gasteiger partial charge in [0.25, 0.3) is 0 Å². The van der Waals surface area contributed by atoms with Gasteiger partial charge in [0.2, 0.25) is 0 Å². The third-order valence-corrected chi connectivity index (χ3v) is 5.36. The highest BCUT2D eigenvalue weighted by Crippen LogP contribution is 2.51. The molecule has 2 heteroatoms. The van der Waals surface area contributed by atoms with Crippen LogP contribution in [0.3, 0.4) is 0 Å². The lowest BCUT2D eigenvalue weighted by molar-refractivity contribution is 0.227. The lowest BCUT2D eigenvalue weighted by Gasteiger charge is -2.23. The van der Waals surface area contributed by atoms with E-state index in [0.29, 0.717) is 0 Å². The van der Waals surface area contributed by atoms with Crippen LogP contribution in [0.5, 0.6) is 0 Å². The molecule has 0 spiro atoms. The fraction of sp³-hybridized carbons (Fsp3) is 0.867. The molecule has 1 heterocycles. The molecule has 0 aromatic heterocycles. The highest BCUT2D eigenvalue weighted by Gasteiger charge is 2.48. The Balaban J connectivity index is 1.49. The van der Waals surface area contributed by atoms with Crippen molar-refractivity contribution in [2.45, 2.75) is 20.3 Å². The van der Waals surface area contributed by atoms with Crippen molar-refractivity contribution >= 4 is 0 Å². The minimum absolute atomic E-state index is 0.934. The molecule has 0 aromatic rings. The van der Waals surface area contributed by atoms with Crippen molar-refractivity contribution in [3.05, 3.63) is 12.2 Å². The predicted octanol–water partition coefficient (Wildman–Crippen LogP) is 2.08. The standard InChI is InChI=1S/C15H26N2/c1-3-16(4-2)7-8-17-10-14-12-5-6-13(9-12)15(14)11-17/h5-6,12-15H,3-4,7-11H2,1-2H3/t12-,13+,14-,15+. The summed E-state index contributed by atoms with van der Waals surface area (Å²) in [4.78, 5) is 5.26. The molecule has 3 aliphatic rings. The lowest BCUT2D eigenvalue weighted by atomic mass is 9.86. The summed E-state index contributed by atoms with van der Waals surface area (Å²) in [6.45, 7) is 12.2. The van der Waals surface area contributed by atoms with Crippen LogP contribution >= 0.6 is 0 Å². The van der Waals surface area contributed by atoms with E-state index in [0.717, 1.165) is 23.7 Å². The van der Waals surface area contributed by atoms with Crippen LogP contribution in [0.1, 0.15) is 20.3 Å². The Morgan fingerprint density at radius 3 is 2.18 bits per heavy atom. The molecule has 4 atom stereocenters.